The monoisotopic (exact) mass is 642 g/mol. The zero-order valence-electron chi connectivity index (χ0n) is 28.4. The first-order valence-corrected chi connectivity index (χ1v) is 17.3. The molecule has 0 fully saturated rings. The molecule has 1 aliphatic rings. The molecule has 1 aromatic rings. The predicted octanol–water partition coefficient (Wildman–Crippen LogP) is 6.35. The van der Waals surface area contributed by atoms with E-state index in [2.05, 4.69) is 28.1 Å². The van der Waals surface area contributed by atoms with Gasteiger partial charge in [-0.25, -0.2) is 9.86 Å². The number of hydrogen-bond donors (Lipinski definition) is 3. The van der Waals surface area contributed by atoms with Crippen molar-refractivity contribution in [2.45, 2.75) is 129 Å². The van der Waals surface area contributed by atoms with Gasteiger partial charge >= 0.3 is 6.09 Å². The van der Waals surface area contributed by atoms with Gasteiger partial charge in [0.2, 0.25) is 18.2 Å². The molecule has 0 aliphatic carbocycles. The molecule has 0 aromatic heterocycles. The molecule has 0 saturated heterocycles. The molecule has 1 heterocycles. The second kappa shape index (κ2) is 23.0. The minimum absolute atomic E-state index is 0.0834. The molecule has 258 valence electrons. The Balaban J connectivity index is 2.07. The normalized spacial score (nSPS) is 20.4. The van der Waals surface area contributed by atoms with Crippen LogP contribution in [-0.2, 0) is 30.6 Å². The third-order valence-corrected chi connectivity index (χ3v) is 7.79. The lowest BCUT2D eigenvalue weighted by Gasteiger charge is -2.26. The van der Waals surface area contributed by atoms with Gasteiger partial charge in [-0.3, -0.25) is 19.2 Å². The highest BCUT2D eigenvalue weighted by Gasteiger charge is 2.27. The summed E-state index contributed by atoms with van der Waals surface area (Å²) in [4.78, 5) is 56.7. The van der Waals surface area contributed by atoms with Crippen LogP contribution in [0.1, 0.15) is 116 Å². The lowest BCUT2D eigenvalue weighted by Crippen LogP contribution is -2.50. The Morgan fingerprint density at radius 3 is 2.30 bits per heavy atom. The molecule has 2 atom stereocenters. The summed E-state index contributed by atoms with van der Waals surface area (Å²) in [6, 6.07) is 8.81. The highest BCUT2D eigenvalue weighted by molar-refractivity contribution is 5.88. The topological polar surface area (TPSA) is 126 Å². The number of unbranched alkanes of at least 4 members (excludes halogenated alkanes) is 1. The number of carbonyl (C=O) groups excluding carboxylic acids is 4. The van der Waals surface area contributed by atoms with E-state index < -0.39 is 23.7 Å². The molecule has 2 rings (SSSR count). The summed E-state index contributed by atoms with van der Waals surface area (Å²) in [6.45, 7) is 6.68. The third-order valence-electron chi connectivity index (χ3n) is 7.79. The van der Waals surface area contributed by atoms with Gasteiger partial charge in [0, 0.05) is 13.1 Å². The summed E-state index contributed by atoms with van der Waals surface area (Å²) in [5.74, 6) is -1.04. The van der Waals surface area contributed by atoms with Crippen molar-refractivity contribution >= 4 is 24.3 Å². The van der Waals surface area contributed by atoms with E-state index in [4.69, 9.17) is 9.57 Å². The molecule has 0 bridgehead atoms. The number of hydroxylamine groups is 2. The van der Waals surface area contributed by atoms with Crippen LogP contribution in [0.15, 0.2) is 42.5 Å². The second-order valence-corrected chi connectivity index (χ2v) is 13.1. The summed E-state index contributed by atoms with van der Waals surface area (Å²) >= 11 is 0. The molecule has 10 heteroatoms. The fourth-order valence-electron chi connectivity index (χ4n) is 5.24. The van der Waals surface area contributed by atoms with Crippen LogP contribution in [0.4, 0.5) is 4.79 Å². The van der Waals surface area contributed by atoms with Gasteiger partial charge in [0.25, 0.3) is 0 Å². The zero-order chi connectivity index (χ0) is 33.5. The van der Waals surface area contributed by atoms with Crippen LogP contribution in [0, 0.1) is 5.92 Å². The van der Waals surface area contributed by atoms with Gasteiger partial charge < -0.3 is 20.7 Å². The number of amides is 4. The van der Waals surface area contributed by atoms with E-state index in [0.717, 1.165) is 44.1 Å². The lowest BCUT2D eigenvalue weighted by molar-refractivity contribution is -0.182. The first kappa shape index (κ1) is 38.8. The highest BCUT2D eigenvalue weighted by Crippen LogP contribution is 2.16. The van der Waals surface area contributed by atoms with E-state index in [1.165, 1.54) is 30.7 Å². The van der Waals surface area contributed by atoms with Crippen molar-refractivity contribution in [1.82, 2.24) is 21.0 Å². The van der Waals surface area contributed by atoms with Crippen LogP contribution in [0.2, 0.25) is 0 Å². The van der Waals surface area contributed by atoms with Crippen LogP contribution >= 0.6 is 0 Å². The molecule has 0 spiro atoms. The first-order valence-electron chi connectivity index (χ1n) is 17.3. The number of alkyl carbamates (subject to hydrolysis) is 1. The minimum Gasteiger partial charge on any atom is -0.444 e. The number of nitrogens with one attached hydrogen (secondary N) is 3. The molecule has 10 nitrogen and oxygen atoms in total. The number of hydrogen-bond acceptors (Lipinski definition) is 6. The molecule has 0 radical (unpaired) electrons. The van der Waals surface area contributed by atoms with Crippen LogP contribution in [0.5, 0.6) is 0 Å². The number of ether oxygens (including phenoxy) is 1. The smallest absolute Gasteiger partial charge is 0.407 e. The van der Waals surface area contributed by atoms with Crippen molar-refractivity contribution in [1.29, 1.82) is 0 Å². The summed E-state index contributed by atoms with van der Waals surface area (Å²) in [5, 5.41) is 9.95. The molecule has 4 amide bonds. The van der Waals surface area contributed by atoms with Gasteiger partial charge in [-0.1, -0.05) is 74.6 Å². The van der Waals surface area contributed by atoms with E-state index in [0.29, 0.717) is 45.2 Å². The third kappa shape index (κ3) is 18.5. The highest BCUT2D eigenvalue weighted by atomic mass is 16.7. The number of nitrogens with zero attached hydrogens (tertiary/aromatic N) is 1. The summed E-state index contributed by atoms with van der Waals surface area (Å²) < 4.78 is 5.29. The summed E-state index contributed by atoms with van der Waals surface area (Å²) in [6.07, 6.45) is 17.4. The van der Waals surface area contributed by atoms with Gasteiger partial charge in [0.05, 0.1) is 12.5 Å². The number of benzene rings is 1. The van der Waals surface area contributed by atoms with Crippen molar-refractivity contribution < 1.29 is 28.8 Å². The standard InChI is InChI=1S/C36H58N4O6/c1-36(2,3)46-35(44)38-26-20-18-24-32-34(43)37-25-19-13-11-9-7-5-4-6-8-10-12-17-23-31(33(42)39-32)27-40(29-41)45-28-30-21-15-14-16-22-30/h8,10,14-16,21-22,29,31-32H,4-7,9,11-13,17-20,23-28H2,1-3H3,(H,37,43)(H,38,44)(H,39,42)/b10-8+/t31-,32+/m1/s1. The van der Waals surface area contributed by atoms with Gasteiger partial charge in [0.15, 0.2) is 0 Å². The van der Waals surface area contributed by atoms with Crippen molar-refractivity contribution in [3.8, 4) is 0 Å². The molecule has 46 heavy (non-hydrogen) atoms. The van der Waals surface area contributed by atoms with Gasteiger partial charge in [0.1, 0.15) is 18.2 Å². The molecule has 1 aromatic carbocycles. The predicted molar refractivity (Wildman–Crippen MR) is 180 cm³/mol. The second-order valence-electron chi connectivity index (χ2n) is 13.1. The molecule has 0 saturated carbocycles. The van der Waals surface area contributed by atoms with E-state index in [-0.39, 0.29) is 25.0 Å². The van der Waals surface area contributed by atoms with Crippen LogP contribution in [-0.4, -0.2) is 60.7 Å². The largest absolute Gasteiger partial charge is 0.444 e. The average Bonchev–Trinajstić information content (AvgIpc) is 3.02. The van der Waals surface area contributed by atoms with Crippen molar-refractivity contribution in [3.63, 3.8) is 0 Å². The molecule has 3 N–H and O–H groups in total. The van der Waals surface area contributed by atoms with Crippen molar-refractivity contribution in [2.75, 3.05) is 19.6 Å². The molecular weight excluding hydrogens is 584 g/mol. The lowest BCUT2D eigenvalue weighted by atomic mass is 9.99. The van der Waals surface area contributed by atoms with E-state index in [1.54, 1.807) is 0 Å². The van der Waals surface area contributed by atoms with Crippen LogP contribution in [0.3, 0.4) is 0 Å². The molecule has 0 unspecified atom stereocenters. The fraction of sp³-hybridized carbons (Fsp3) is 0.667. The SMILES string of the molecule is CC(C)(C)OC(=O)NCCCC[C@@H]1NC(=O)[C@@H](CN(C=O)OCc2ccccc2)CCC/C=C/CCCCCCCCCNC1=O. The Kier molecular flexibility index (Phi) is 19.4. The van der Waals surface area contributed by atoms with E-state index in [1.807, 2.05) is 51.1 Å². The Labute approximate surface area is 276 Å². The average molecular weight is 643 g/mol. The van der Waals surface area contributed by atoms with E-state index >= 15 is 0 Å². The Bertz CT molecular complexity index is 1040. The Hall–Kier alpha value is -3.40. The van der Waals surface area contributed by atoms with Gasteiger partial charge in [-0.15, -0.1) is 0 Å². The van der Waals surface area contributed by atoms with E-state index in [9.17, 15) is 19.2 Å². The minimum atomic E-state index is -0.725. The Morgan fingerprint density at radius 1 is 0.935 bits per heavy atom. The van der Waals surface area contributed by atoms with Crippen molar-refractivity contribution in [3.05, 3.63) is 48.0 Å². The van der Waals surface area contributed by atoms with Gasteiger partial charge in [-0.05, 0) is 84.1 Å². The number of rotatable bonds is 11. The maximum atomic E-state index is 13.7. The Morgan fingerprint density at radius 2 is 1.61 bits per heavy atom. The first-order chi connectivity index (χ1) is 22.2. The fourth-order valence-corrected chi connectivity index (χ4v) is 5.24. The van der Waals surface area contributed by atoms with Crippen LogP contribution in [0.25, 0.3) is 0 Å². The molecule has 1 aliphatic heterocycles. The van der Waals surface area contributed by atoms with Crippen molar-refractivity contribution in [2.24, 2.45) is 5.92 Å². The maximum Gasteiger partial charge on any atom is 0.407 e. The number of carbonyl (C=O) groups is 4. The quantitative estimate of drug-likeness (QED) is 0.112. The molecular formula is C36H58N4O6. The number of allylic oxidation sites excluding steroid dienone is 2. The maximum absolute atomic E-state index is 13.7. The van der Waals surface area contributed by atoms with Gasteiger partial charge in [-0.2, -0.15) is 0 Å². The van der Waals surface area contributed by atoms with Crippen LogP contribution < -0.4 is 16.0 Å². The zero-order valence-corrected chi connectivity index (χ0v) is 28.4. The summed E-state index contributed by atoms with van der Waals surface area (Å²) in [7, 11) is 0. The summed E-state index contributed by atoms with van der Waals surface area (Å²) in [5.41, 5.74) is 0.337.